The first kappa shape index (κ1) is 16.3. The van der Waals surface area contributed by atoms with E-state index in [2.05, 4.69) is 0 Å². The molecule has 0 spiro atoms. The summed E-state index contributed by atoms with van der Waals surface area (Å²) in [6.45, 7) is 2.12. The number of carbonyl (C=O) groups is 1. The van der Waals surface area contributed by atoms with Crippen LogP contribution >= 0.6 is 0 Å². The second kappa shape index (κ2) is 6.52. The van der Waals surface area contributed by atoms with Crippen LogP contribution < -0.4 is 15.0 Å². The zero-order chi connectivity index (χ0) is 17.3. The van der Waals surface area contributed by atoms with E-state index in [4.69, 9.17) is 14.2 Å². The van der Waals surface area contributed by atoms with Gasteiger partial charge in [0.25, 0.3) is 11.5 Å². The normalized spacial score (nSPS) is 14.7. The fraction of sp³-hybridized carbons (Fsp3) is 0.412. The molecule has 3 rings (SSSR count). The number of aromatic nitrogens is 1. The quantitative estimate of drug-likeness (QED) is 0.840. The van der Waals surface area contributed by atoms with Crippen LogP contribution in [0.25, 0.3) is 10.8 Å². The van der Waals surface area contributed by atoms with Crippen LogP contribution in [0.4, 0.5) is 0 Å². The van der Waals surface area contributed by atoms with Crippen LogP contribution in [-0.4, -0.2) is 55.9 Å². The van der Waals surface area contributed by atoms with Gasteiger partial charge in [-0.2, -0.15) is 0 Å². The van der Waals surface area contributed by atoms with Gasteiger partial charge in [-0.3, -0.25) is 9.59 Å². The lowest BCUT2D eigenvalue weighted by molar-refractivity contribution is 0.0303. The highest BCUT2D eigenvalue weighted by atomic mass is 16.5. The average molecular weight is 332 g/mol. The van der Waals surface area contributed by atoms with Gasteiger partial charge in [0.05, 0.1) is 38.4 Å². The zero-order valence-electron chi connectivity index (χ0n) is 14.0. The molecule has 1 saturated heterocycles. The molecule has 0 radical (unpaired) electrons. The van der Waals surface area contributed by atoms with Crippen molar-refractivity contribution in [2.45, 2.75) is 0 Å². The minimum Gasteiger partial charge on any atom is -0.493 e. The summed E-state index contributed by atoms with van der Waals surface area (Å²) in [4.78, 5) is 27.1. The van der Waals surface area contributed by atoms with Crippen LogP contribution in [0.2, 0.25) is 0 Å². The molecule has 0 bridgehead atoms. The number of hydrogen-bond donors (Lipinski definition) is 0. The molecule has 1 aromatic carbocycles. The Hall–Kier alpha value is -2.54. The maximum absolute atomic E-state index is 12.9. The molecule has 2 aromatic rings. The van der Waals surface area contributed by atoms with E-state index in [1.165, 1.54) is 18.8 Å². The van der Waals surface area contributed by atoms with Gasteiger partial charge in [-0.25, -0.2) is 0 Å². The summed E-state index contributed by atoms with van der Waals surface area (Å²) in [6.07, 6.45) is 1.58. The van der Waals surface area contributed by atoms with Gasteiger partial charge in [0.2, 0.25) is 0 Å². The number of fused-ring (bicyclic) bond motifs is 1. The average Bonchev–Trinajstić information content (AvgIpc) is 2.63. The molecule has 1 amide bonds. The van der Waals surface area contributed by atoms with Gasteiger partial charge in [-0.05, 0) is 12.1 Å². The van der Waals surface area contributed by atoms with Crippen LogP contribution in [0.5, 0.6) is 11.5 Å². The number of hydrogen-bond acceptors (Lipinski definition) is 5. The SMILES string of the molecule is COc1cc2c(C(=O)N3CCOCC3)cn(C)c(=O)c2cc1OC. The Labute approximate surface area is 139 Å². The third kappa shape index (κ3) is 2.71. The molecular weight excluding hydrogens is 312 g/mol. The number of pyridine rings is 1. The predicted molar refractivity (Wildman–Crippen MR) is 89.0 cm³/mol. The van der Waals surface area contributed by atoms with E-state index in [-0.39, 0.29) is 11.5 Å². The summed E-state index contributed by atoms with van der Waals surface area (Å²) in [5.41, 5.74) is 0.277. The first-order valence-electron chi connectivity index (χ1n) is 7.69. The Morgan fingerprint density at radius 2 is 1.67 bits per heavy atom. The molecule has 0 saturated carbocycles. The number of benzene rings is 1. The highest BCUT2D eigenvalue weighted by molar-refractivity contribution is 6.07. The first-order chi connectivity index (χ1) is 11.6. The van der Waals surface area contributed by atoms with Crippen molar-refractivity contribution in [2.75, 3.05) is 40.5 Å². The monoisotopic (exact) mass is 332 g/mol. The minimum absolute atomic E-state index is 0.119. The molecule has 1 fully saturated rings. The van der Waals surface area contributed by atoms with Gasteiger partial charge in [-0.15, -0.1) is 0 Å². The highest BCUT2D eigenvalue weighted by Crippen LogP contribution is 2.32. The predicted octanol–water partition coefficient (Wildman–Crippen LogP) is 1.03. The molecule has 1 aliphatic rings. The molecule has 1 aromatic heterocycles. The molecule has 1 aliphatic heterocycles. The lowest BCUT2D eigenvalue weighted by Gasteiger charge is -2.27. The van der Waals surface area contributed by atoms with Crippen LogP contribution in [0.3, 0.4) is 0 Å². The van der Waals surface area contributed by atoms with Crippen molar-refractivity contribution in [3.8, 4) is 11.5 Å². The summed E-state index contributed by atoms with van der Waals surface area (Å²) in [7, 11) is 4.67. The number of nitrogens with zero attached hydrogens (tertiary/aromatic N) is 2. The van der Waals surface area contributed by atoms with Gasteiger partial charge in [0.15, 0.2) is 11.5 Å². The van der Waals surface area contributed by atoms with Crippen LogP contribution in [-0.2, 0) is 11.8 Å². The molecule has 7 heteroatoms. The largest absolute Gasteiger partial charge is 0.493 e. The van der Waals surface area contributed by atoms with E-state index >= 15 is 0 Å². The summed E-state index contributed by atoms with van der Waals surface area (Å²) >= 11 is 0. The Morgan fingerprint density at radius 3 is 2.25 bits per heavy atom. The second-order valence-corrected chi connectivity index (χ2v) is 5.62. The van der Waals surface area contributed by atoms with Crippen molar-refractivity contribution in [3.05, 3.63) is 34.2 Å². The van der Waals surface area contributed by atoms with E-state index < -0.39 is 0 Å². The maximum atomic E-state index is 12.9. The fourth-order valence-electron chi connectivity index (χ4n) is 2.90. The van der Waals surface area contributed by atoms with Gasteiger partial charge < -0.3 is 23.7 Å². The third-order valence-corrected chi connectivity index (χ3v) is 4.22. The molecule has 0 unspecified atom stereocenters. The van der Waals surface area contributed by atoms with Crippen molar-refractivity contribution < 1.29 is 19.0 Å². The molecule has 0 N–H and O–H groups in total. The third-order valence-electron chi connectivity index (χ3n) is 4.22. The zero-order valence-corrected chi connectivity index (χ0v) is 14.0. The van der Waals surface area contributed by atoms with Crippen molar-refractivity contribution in [1.82, 2.24) is 9.47 Å². The van der Waals surface area contributed by atoms with Crippen LogP contribution in [0, 0.1) is 0 Å². The van der Waals surface area contributed by atoms with E-state index in [9.17, 15) is 9.59 Å². The summed E-state index contributed by atoms with van der Waals surface area (Å²) in [5, 5.41) is 0.988. The van der Waals surface area contributed by atoms with E-state index in [0.717, 1.165) is 0 Å². The van der Waals surface area contributed by atoms with Gasteiger partial charge in [0, 0.05) is 31.7 Å². The Kier molecular flexibility index (Phi) is 4.44. The Morgan fingerprint density at radius 1 is 1.08 bits per heavy atom. The Bertz CT molecular complexity index is 837. The van der Waals surface area contributed by atoms with Gasteiger partial charge in [0.1, 0.15) is 0 Å². The highest BCUT2D eigenvalue weighted by Gasteiger charge is 2.23. The van der Waals surface area contributed by atoms with Crippen molar-refractivity contribution in [2.24, 2.45) is 7.05 Å². The number of morpholine rings is 1. The molecule has 0 atom stereocenters. The number of aryl methyl sites for hydroxylation is 1. The van der Waals surface area contributed by atoms with E-state index in [1.807, 2.05) is 0 Å². The molecule has 7 nitrogen and oxygen atoms in total. The lowest BCUT2D eigenvalue weighted by Crippen LogP contribution is -2.41. The molecule has 2 heterocycles. The summed E-state index contributed by atoms with van der Waals surface area (Å²) in [6, 6.07) is 3.30. The van der Waals surface area contributed by atoms with Crippen LogP contribution in [0.15, 0.2) is 23.1 Å². The number of methoxy groups -OCH3 is 2. The molecule has 0 aliphatic carbocycles. The van der Waals surface area contributed by atoms with Crippen molar-refractivity contribution in [3.63, 3.8) is 0 Å². The van der Waals surface area contributed by atoms with E-state index in [1.54, 1.807) is 30.3 Å². The fourth-order valence-corrected chi connectivity index (χ4v) is 2.90. The van der Waals surface area contributed by atoms with E-state index in [0.29, 0.717) is 54.1 Å². The number of rotatable bonds is 3. The number of ether oxygens (including phenoxy) is 3. The second-order valence-electron chi connectivity index (χ2n) is 5.62. The number of carbonyl (C=O) groups excluding carboxylic acids is 1. The molecule has 128 valence electrons. The molecule has 24 heavy (non-hydrogen) atoms. The van der Waals surface area contributed by atoms with Crippen LogP contribution in [0.1, 0.15) is 10.4 Å². The maximum Gasteiger partial charge on any atom is 0.258 e. The summed E-state index contributed by atoms with van der Waals surface area (Å²) < 4.78 is 17.3. The smallest absolute Gasteiger partial charge is 0.258 e. The van der Waals surface area contributed by atoms with Gasteiger partial charge >= 0.3 is 0 Å². The molecular formula is C17H20N2O5. The summed E-state index contributed by atoms with van der Waals surface area (Å²) in [5.74, 6) is 0.818. The Balaban J connectivity index is 2.21. The standard InChI is InChI=1S/C17H20N2O5/c1-18-10-13(17(21)19-4-6-24-7-5-19)11-8-14(22-2)15(23-3)9-12(11)16(18)20/h8-10H,4-7H2,1-3H3. The number of amides is 1. The van der Waals surface area contributed by atoms with Crippen molar-refractivity contribution in [1.29, 1.82) is 0 Å². The van der Waals surface area contributed by atoms with Crippen molar-refractivity contribution >= 4 is 16.7 Å². The lowest BCUT2D eigenvalue weighted by atomic mass is 10.0. The topological polar surface area (TPSA) is 70.0 Å². The minimum atomic E-state index is -0.190. The van der Waals surface area contributed by atoms with Gasteiger partial charge in [-0.1, -0.05) is 0 Å². The first-order valence-corrected chi connectivity index (χ1v) is 7.69.